The molecule has 1 atom stereocenters. The predicted octanol–water partition coefficient (Wildman–Crippen LogP) is 4.13. The molecule has 0 amide bonds. The van der Waals surface area contributed by atoms with Crippen LogP contribution in [0.2, 0.25) is 0 Å². The van der Waals surface area contributed by atoms with Crippen molar-refractivity contribution in [2.75, 3.05) is 53.6 Å². The SMILES string of the molecule is CN=C(NCc1ccccc1CN1CCCC(C)C1)N1CCC(OCCCOC)CC1.I. The average Bonchev–Trinajstić information content (AvgIpc) is 2.79. The van der Waals surface area contributed by atoms with E-state index in [0.29, 0.717) is 6.10 Å². The van der Waals surface area contributed by atoms with Crippen molar-refractivity contribution in [3.05, 3.63) is 35.4 Å². The number of hydrogen-bond acceptors (Lipinski definition) is 4. The fraction of sp³-hybridized carbons (Fsp3) is 0.720. The van der Waals surface area contributed by atoms with Crippen molar-refractivity contribution in [2.24, 2.45) is 10.9 Å². The molecule has 0 radical (unpaired) electrons. The Kier molecular flexibility index (Phi) is 12.9. The van der Waals surface area contributed by atoms with Crippen LogP contribution in [0.25, 0.3) is 0 Å². The first-order chi connectivity index (χ1) is 15.2. The standard InChI is InChI=1S/C25H42N4O2.HI/c1-21-8-6-13-28(19-21)20-23-10-5-4-9-22(23)18-27-25(26-2)29-14-11-24(12-15-29)31-17-7-16-30-3;/h4-5,9-10,21,24H,6-8,11-20H2,1-3H3,(H,26,27);1H. The molecule has 2 aliphatic rings. The number of likely N-dealkylation sites (tertiary alicyclic amines) is 2. The third-order valence-corrected chi connectivity index (χ3v) is 6.49. The van der Waals surface area contributed by atoms with E-state index in [1.165, 1.54) is 37.1 Å². The molecule has 0 spiro atoms. The van der Waals surface area contributed by atoms with Crippen LogP contribution in [0.15, 0.2) is 29.3 Å². The lowest BCUT2D eigenvalue weighted by atomic mass is 9.99. The first kappa shape index (κ1) is 27.3. The quantitative estimate of drug-likeness (QED) is 0.214. The molecule has 3 rings (SSSR count). The normalized spacial score (nSPS) is 20.8. The van der Waals surface area contributed by atoms with Crippen molar-refractivity contribution >= 4 is 29.9 Å². The van der Waals surface area contributed by atoms with Gasteiger partial charge in [0.05, 0.1) is 6.10 Å². The minimum absolute atomic E-state index is 0. The number of methoxy groups -OCH3 is 1. The van der Waals surface area contributed by atoms with E-state index in [-0.39, 0.29) is 24.0 Å². The molecule has 1 aromatic carbocycles. The molecule has 0 aliphatic carbocycles. The number of guanidine groups is 1. The number of piperidine rings is 2. The number of ether oxygens (including phenoxy) is 2. The van der Waals surface area contributed by atoms with Crippen LogP contribution in [0.1, 0.15) is 50.2 Å². The van der Waals surface area contributed by atoms with Gasteiger partial charge in [0.25, 0.3) is 0 Å². The van der Waals surface area contributed by atoms with Crippen LogP contribution in [0.3, 0.4) is 0 Å². The van der Waals surface area contributed by atoms with Gasteiger partial charge in [-0.2, -0.15) is 0 Å². The lowest BCUT2D eigenvalue weighted by Crippen LogP contribution is -2.46. The number of aliphatic imine (C=N–C) groups is 1. The Bertz CT molecular complexity index is 680. The summed E-state index contributed by atoms with van der Waals surface area (Å²) in [4.78, 5) is 9.53. The second-order valence-corrected chi connectivity index (χ2v) is 9.06. The van der Waals surface area contributed by atoms with Gasteiger partial charge in [0.1, 0.15) is 0 Å². The van der Waals surface area contributed by atoms with Gasteiger partial charge < -0.3 is 19.7 Å². The molecule has 0 aromatic heterocycles. The smallest absolute Gasteiger partial charge is 0.193 e. The third-order valence-electron chi connectivity index (χ3n) is 6.49. The van der Waals surface area contributed by atoms with Gasteiger partial charge in [-0.15, -0.1) is 24.0 Å². The molecule has 1 aromatic rings. The Morgan fingerprint density at radius 3 is 2.53 bits per heavy atom. The first-order valence-electron chi connectivity index (χ1n) is 12.0. The van der Waals surface area contributed by atoms with Crippen LogP contribution in [-0.4, -0.2) is 75.4 Å². The van der Waals surface area contributed by atoms with Crippen LogP contribution in [0.4, 0.5) is 0 Å². The van der Waals surface area contributed by atoms with E-state index in [0.717, 1.165) is 70.5 Å². The molecule has 6 nitrogen and oxygen atoms in total. The number of nitrogens with one attached hydrogen (secondary N) is 1. The highest BCUT2D eigenvalue weighted by molar-refractivity contribution is 14.0. The van der Waals surface area contributed by atoms with Gasteiger partial charge in [-0.05, 0) is 55.7 Å². The van der Waals surface area contributed by atoms with Crippen LogP contribution >= 0.6 is 24.0 Å². The highest BCUT2D eigenvalue weighted by atomic mass is 127. The third kappa shape index (κ3) is 8.80. The van der Waals surface area contributed by atoms with Gasteiger partial charge in [0.15, 0.2) is 5.96 Å². The van der Waals surface area contributed by atoms with Crippen LogP contribution in [0.5, 0.6) is 0 Å². The molecular weight excluding hydrogens is 515 g/mol. The highest BCUT2D eigenvalue weighted by Crippen LogP contribution is 2.20. The second-order valence-electron chi connectivity index (χ2n) is 9.06. The number of hydrogen-bond donors (Lipinski definition) is 1. The van der Waals surface area contributed by atoms with Gasteiger partial charge in [0.2, 0.25) is 0 Å². The molecular formula is C25H43IN4O2. The monoisotopic (exact) mass is 558 g/mol. The maximum atomic E-state index is 6.00. The average molecular weight is 559 g/mol. The highest BCUT2D eigenvalue weighted by Gasteiger charge is 2.22. The summed E-state index contributed by atoms with van der Waals surface area (Å²) in [7, 11) is 3.63. The predicted molar refractivity (Wildman–Crippen MR) is 143 cm³/mol. The zero-order valence-corrected chi connectivity index (χ0v) is 22.6. The zero-order chi connectivity index (χ0) is 21.9. The fourth-order valence-electron chi connectivity index (χ4n) is 4.75. The lowest BCUT2D eigenvalue weighted by molar-refractivity contribution is 0.00989. The lowest BCUT2D eigenvalue weighted by Gasteiger charge is -2.34. The Morgan fingerprint density at radius 1 is 1.09 bits per heavy atom. The maximum absolute atomic E-state index is 6.00. The zero-order valence-electron chi connectivity index (χ0n) is 20.2. The van der Waals surface area contributed by atoms with E-state index in [1.54, 1.807) is 7.11 Å². The molecule has 0 saturated carbocycles. The summed E-state index contributed by atoms with van der Waals surface area (Å²) in [5.74, 6) is 1.81. The van der Waals surface area contributed by atoms with E-state index >= 15 is 0 Å². The van der Waals surface area contributed by atoms with E-state index < -0.39 is 0 Å². The summed E-state index contributed by atoms with van der Waals surface area (Å²) in [6.45, 7) is 10.2. The van der Waals surface area contributed by atoms with Gasteiger partial charge in [-0.1, -0.05) is 31.2 Å². The molecule has 2 aliphatic heterocycles. The summed E-state index contributed by atoms with van der Waals surface area (Å²) in [5.41, 5.74) is 2.81. The first-order valence-corrected chi connectivity index (χ1v) is 12.0. The van der Waals surface area contributed by atoms with Gasteiger partial charge >= 0.3 is 0 Å². The molecule has 2 saturated heterocycles. The molecule has 1 unspecified atom stereocenters. The number of benzene rings is 1. The molecule has 1 N–H and O–H groups in total. The number of nitrogens with zero attached hydrogens (tertiary/aromatic N) is 3. The van der Waals surface area contributed by atoms with Crippen LogP contribution in [0, 0.1) is 5.92 Å². The van der Waals surface area contributed by atoms with Crippen molar-refractivity contribution in [2.45, 2.75) is 58.2 Å². The molecule has 7 heteroatoms. The Hall–Kier alpha value is -0.900. The van der Waals surface area contributed by atoms with E-state index in [2.05, 4.69) is 51.3 Å². The molecule has 2 heterocycles. The summed E-state index contributed by atoms with van der Waals surface area (Å²) < 4.78 is 11.1. The summed E-state index contributed by atoms with van der Waals surface area (Å²) in [6, 6.07) is 8.85. The van der Waals surface area contributed by atoms with Crippen molar-refractivity contribution in [3.63, 3.8) is 0 Å². The minimum atomic E-state index is 0. The van der Waals surface area contributed by atoms with Gasteiger partial charge in [0, 0.05) is 60.1 Å². The van der Waals surface area contributed by atoms with Crippen LogP contribution < -0.4 is 5.32 Å². The van der Waals surface area contributed by atoms with Crippen molar-refractivity contribution in [1.29, 1.82) is 0 Å². The van der Waals surface area contributed by atoms with Gasteiger partial charge in [-0.3, -0.25) is 9.89 Å². The number of halogens is 1. The summed E-state index contributed by atoms with van der Waals surface area (Å²) in [5, 5.41) is 3.62. The van der Waals surface area contributed by atoms with E-state index in [4.69, 9.17) is 9.47 Å². The van der Waals surface area contributed by atoms with Gasteiger partial charge in [-0.25, -0.2) is 0 Å². The maximum Gasteiger partial charge on any atom is 0.193 e. The van der Waals surface area contributed by atoms with Crippen molar-refractivity contribution in [1.82, 2.24) is 15.1 Å². The largest absolute Gasteiger partial charge is 0.385 e. The van der Waals surface area contributed by atoms with E-state index in [9.17, 15) is 0 Å². The molecule has 2 fully saturated rings. The molecule has 32 heavy (non-hydrogen) atoms. The summed E-state index contributed by atoms with van der Waals surface area (Å²) >= 11 is 0. The summed E-state index contributed by atoms with van der Waals surface area (Å²) in [6.07, 6.45) is 6.12. The second kappa shape index (κ2) is 15.1. The van der Waals surface area contributed by atoms with Crippen molar-refractivity contribution in [3.8, 4) is 0 Å². The van der Waals surface area contributed by atoms with E-state index in [1.807, 2.05) is 7.05 Å². The Morgan fingerprint density at radius 2 is 1.84 bits per heavy atom. The minimum Gasteiger partial charge on any atom is -0.385 e. The Labute approximate surface area is 212 Å². The van der Waals surface area contributed by atoms with Crippen LogP contribution in [-0.2, 0) is 22.6 Å². The topological polar surface area (TPSA) is 49.3 Å². The Balaban J connectivity index is 0.00000363. The molecule has 182 valence electrons. The molecule has 0 bridgehead atoms. The van der Waals surface area contributed by atoms with Crippen molar-refractivity contribution < 1.29 is 9.47 Å². The number of rotatable bonds is 9. The fourth-order valence-corrected chi connectivity index (χ4v) is 4.75.